The highest BCUT2D eigenvalue weighted by atomic mass is 35.5. The summed E-state index contributed by atoms with van der Waals surface area (Å²) in [6, 6.07) is 20.7. The first-order valence-corrected chi connectivity index (χ1v) is 14.0. The third-order valence-electron chi connectivity index (χ3n) is 6.05. The Labute approximate surface area is 218 Å². The van der Waals surface area contributed by atoms with Crippen molar-refractivity contribution >= 4 is 38.9 Å². The molecule has 182 valence electrons. The van der Waals surface area contributed by atoms with Crippen LogP contribution >= 0.6 is 23.2 Å². The SMILES string of the molecule is O=S(=O)(c1ccc(Cl)cc1)N(Cc1cc(Cl)ccc1C#CCCN1CCCCC1)c1ccccc1. The molecule has 35 heavy (non-hydrogen) atoms. The highest BCUT2D eigenvalue weighted by molar-refractivity contribution is 7.92. The molecule has 0 unspecified atom stereocenters. The predicted molar refractivity (Wildman–Crippen MR) is 145 cm³/mol. The van der Waals surface area contributed by atoms with Gasteiger partial charge in [-0.25, -0.2) is 8.42 Å². The lowest BCUT2D eigenvalue weighted by molar-refractivity contribution is 0.234. The monoisotopic (exact) mass is 526 g/mol. The molecule has 0 atom stereocenters. The number of rotatable bonds is 7. The van der Waals surface area contributed by atoms with E-state index in [1.165, 1.54) is 35.7 Å². The molecule has 0 radical (unpaired) electrons. The molecule has 4 rings (SSSR count). The molecule has 0 aromatic heterocycles. The van der Waals surface area contributed by atoms with Crippen LogP contribution in [0, 0.1) is 11.8 Å². The summed E-state index contributed by atoms with van der Waals surface area (Å²) in [4.78, 5) is 2.62. The molecule has 1 saturated heterocycles. The second-order valence-electron chi connectivity index (χ2n) is 8.56. The number of nitrogens with zero attached hydrogens (tertiary/aromatic N) is 2. The summed E-state index contributed by atoms with van der Waals surface area (Å²) in [5.41, 5.74) is 2.09. The Bertz CT molecular complexity index is 1290. The molecule has 0 aliphatic carbocycles. The van der Waals surface area contributed by atoms with Gasteiger partial charge in [0.25, 0.3) is 10.0 Å². The summed E-state index contributed by atoms with van der Waals surface area (Å²) in [6.45, 7) is 3.34. The summed E-state index contributed by atoms with van der Waals surface area (Å²) >= 11 is 12.3. The van der Waals surface area contributed by atoms with E-state index in [2.05, 4.69) is 16.7 Å². The van der Waals surface area contributed by atoms with Crippen LogP contribution in [0.5, 0.6) is 0 Å². The number of benzene rings is 3. The van der Waals surface area contributed by atoms with Gasteiger partial charge >= 0.3 is 0 Å². The number of hydrogen-bond donors (Lipinski definition) is 0. The molecule has 0 bridgehead atoms. The number of halogens is 2. The molecular weight excluding hydrogens is 499 g/mol. The molecule has 3 aromatic rings. The average Bonchev–Trinajstić information content (AvgIpc) is 2.87. The fraction of sp³-hybridized carbons (Fsp3) is 0.286. The standard InChI is InChI=1S/C28H28Cl2N2O2S/c29-25-14-16-28(17-15-25)35(33,34)32(27-10-3-1-4-11-27)22-24-21-26(30)13-12-23(24)9-5-8-20-31-18-6-2-7-19-31/h1,3-4,10-17,21H,2,6-8,18-20,22H2. The molecule has 0 saturated carbocycles. The molecule has 1 heterocycles. The van der Waals surface area contributed by atoms with E-state index in [0.29, 0.717) is 15.7 Å². The van der Waals surface area contributed by atoms with Gasteiger partial charge in [0.05, 0.1) is 17.1 Å². The van der Waals surface area contributed by atoms with Gasteiger partial charge in [-0.05, 0) is 86.1 Å². The number of piperidine rings is 1. The molecule has 1 aliphatic rings. The van der Waals surface area contributed by atoms with Crippen LogP contribution < -0.4 is 4.31 Å². The first-order chi connectivity index (χ1) is 16.9. The van der Waals surface area contributed by atoms with E-state index < -0.39 is 10.0 Å². The highest BCUT2D eigenvalue weighted by Gasteiger charge is 2.26. The second kappa shape index (κ2) is 12.0. The van der Waals surface area contributed by atoms with E-state index >= 15 is 0 Å². The van der Waals surface area contributed by atoms with Gasteiger partial charge in [0.2, 0.25) is 0 Å². The van der Waals surface area contributed by atoms with Crippen LogP contribution in [-0.2, 0) is 16.6 Å². The molecule has 0 N–H and O–H groups in total. The lowest BCUT2D eigenvalue weighted by atomic mass is 10.1. The van der Waals surface area contributed by atoms with Gasteiger partial charge in [0.1, 0.15) is 0 Å². The Balaban J connectivity index is 1.63. The summed E-state index contributed by atoms with van der Waals surface area (Å²) in [5, 5.41) is 1.02. The van der Waals surface area contributed by atoms with Crippen molar-refractivity contribution in [1.82, 2.24) is 4.90 Å². The van der Waals surface area contributed by atoms with Crippen LogP contribution in [0.2, 0.25) is 10.0 Å². The quantitative estimate of drug-likeness (QED) is 0.325. The van der Waals surface area contributed by atoms with E-state index in [-0.39, 0.29) is 11.4 Å². The number of hydrogen-bond acceptors (Lipinski definition) is 3. The fourth-order valence-corrected chi connectivity index (χ4v) is 5.93. The molecule has 0 spiro atoms. The van der Waals surface area contributed by atoms with Gasteiger partial charge in [0, 0.05) is 28.6 Å². The minimum atomic E-state index is -3.86. The molecular formula is C28H28Cl2N2O2S. The Morgan fingerprint density at radius 2 is 1.54 bits per heavy atom. The zero-order chi connectivity index (χ0) is 24.7. The second-order valence-corrected chi connectivity index (χ2v) is 11.3. The highest BCUT2D eigenvalue weighted by Crippen LogP contribution is 2.28. The topological polar surface area (TPSA) is 40.6 Å². The molecule has 1 fully saturated rings. The third kappa shape index (κ3) is 6.80. The van der Waals surface area contributed by atoms with Crippen molar-refractivity contribution in [2.24, 2.45) is 0 Å². The number of likely N-dealkylation sites (tertiary alicyclic amines) is 1. The van der Waals surface area contributed by atoms with Crippen molar-refractivity contribution < 1.29 is 8.42 Å². The summed E-state index contributed by atoms with van der Waals surface area (Å²) < 4.78 is 28.8. The summed E-state index contributed by atoms with van der Waals surface area (Å²) in [6.07, 6.45) is 4.60. The predicted octanol–water partition coefficient (Wildman–Crippen LogP) is 6.62. The number of sulfonamides is 1. The van der Waals surface area contributed by atoms with Crippen LogP contribution in [0.4, 0.5) is 5.69 Å². The molecule has 1 aliphatic heterocycles. The normalized spacial score (nSPS) is 14.2. The van der Waals surface area contributed by atoms with Crippen molar-refractivity contribution in [1.29, 1.82) is 0 Å². The minimum Gasteiger partial charge on any atom is -0.302 e. The zero-order valence-electron chi connectivity index (χ0n) is 19.5. The van der Waals surface area contributed by atoms with Crippen LogP contribution in [-0.4, -0.2) is 33.0 Å². The van der Waals surface area contributed by atoms with Gasteiger partial charge in [-0.15, -0.1) is 0 Å². The Morgan fingerprint density at radius 1 is 0.857 bits per heavy atom. The van der Waals surface area contributed by atoms with Crippen molar-refractivity contribution in [3.05, 3.63) is 94.0 Å². The number of anilines is 1. The fourth-order valence-electron chi connectivity index (χ4n) is 4.17. The van der Waals surface area contributed by atoms with Gasteiger partial charge in [-0.3, -0.25) is 4.31 Å². The van der Waals surface area contributed by atoms with Crippen molar-refractivity contribution in [2.75, 3.05) is 23.9 Å². The van der Waals surface area contributed by atoms with Crippen LogP contribution in [0.25, 0.3) is 0 Å². The first-order valence-electron chi connectivity index (χ1n) is 11.8. The van der Waals surface area contributed by atoms with Gasteiger partial charge < -0.3 is 4.90 Å². The van der Waals surface area contributed by atoms with E-state index in [4.69, 9.17) is 23.2 Å². The molecule has 3 aromatic carbocycles. The van der Waals surface area contributed by atoms with Crippen molar-refractivity contribution in [3.63, 3.8) is 0 Å². The summed E-state index contributed by atoms with van der Waals surface area (Å²) in [5.74, 6) is 6.54. The Morgan fingerprint density at radius 3 is 2.26 bits per heavy atom. The molecule has 0 amide bonds. The Kier molecular flexibility index (Phi) is 8.75. The van der Waals surface area contributed by atoms with Crippen LogP contribution in [0.1, 0.15) is 36.8 Å². The maximum atomic E-state index is 13.7. The van der Waals surface area contributed by atoms with Crippen molar-refractivity contribution in [3.8, 4) is 11.8 Å². The van der Waals surface area contributed by atoms with Crippen LogP contribution in [0.3, 0.4) is 0 Å². The molecule has 4 nitrogen and oxygen atoms in total. The maximum absolute atomic E-state index is 13.7. The smallest absolute Gasteiger partial charge is 0.264 e. The van der Waals surface area contributed by atoms with E-state index in [9.17, 15) is 8.42 Å². The largest absolute Gasteiger partial charge is 0.302 e. The first kappa shape index (κ1) is 25.6. The summed E-state index contributed by atoms with van der Waals surface area (Å²) in [7, 11) is -3.86. The van der Waals surface area contributed by atoms with E-state index in [0.717, 1.165) is 37.2 Å². The zero-order valence-corrected chi connectivity index (χ0v) is 21.8. The van der Waals surface area contributed by atoms with Crippen LogP contribution in [0.15, 0.2) is 77.7 Å². The third-order valence-corrected chi connectivity index (χ3v) is 8.33. The maximum Gasteiger partial charge on any atom is 0.264 e. The van der Waals surface area contributed by atoms with Crippen molar-refractivity contribution in [2.45, 2.75) is 37.1 Å². The number of para-hydroxylation sites is 1. The minimum absolute atomic E-state index is 0.103. The van der Waals surface area contributed by atoms with Gasteiger partial charge in [-0.1, -0.05) is 59.7 Å². The van der Waals surface area contributed by atoms with E-state index in [1.807, 2.05) is 24.3 Å². The Hall–Kier alpha value is -2.49. The average molecular weight is 528 g/mol. The van der Waals surface area contributed by atoms with Gasteiger partial charge in [-0.2, -0.15) is 0 Å². The lowest BCUT2D eigenvalue weighted by Crippen LogP contribution is -2.31. The molecule has 7 heteroatoms. The van der Waals surface area contributed by atoms with Gasteiger partial charge in [0.15, 0.2) is 0 Å². The van der Waals surface area contributed by atoms with E-state index in [1.54, 1.807) is 36.4 Å². The lowest BCUT2D eigenvalue weighted by Gasteiger charge is -2.25.